The number of carbonyl (C=O) groups excluding carboxylic acids is 2. The van der Waals surface area contributed by atoms with Gasteiger partial charge in [0.25, 0.3) is 0 Å². The largest absolute Gasteiger partial charge is 0.450 e. The highest BCUT2D eigenvalue weighted by Gasteiger charge is 2.27. The third kappa shape index (κ3) is 6.17. The Bertz CT molecular complexity index is 1120. The van der Waals surface area contributed by atoms with E-state index in [1.807, 2.05) is 85.0 Å². The third-order valence-electron chi connectivity index (χ3n) is 5.58. The Labute approximate surface area is 228 Å². The Morgan fingerprint density at radius 2 is 0.917 bits per heavy atom. The topological polar surface area (TPSA) is 52.6 Å². The maximum absolute atomic E-state index is 12.0. The molecule has 4 heterocycles. The van der Waals surface area contributed by atoms with Gasteiger partial charge in [0.15, 0.2) is 0 Å². The summed E-state index contributed by atoms with van der Waals surface area (Å²) < 4.78 is 13.2. The molecule has 2 aromatic carbocycles. The van der Waals surface area contributed by atoms with Gasteiger partial charge in [0.2, 0.25) is 0 Å². The fourth-order valence-corrected chi connectivity index (χ4v) is 8.79. The van der Waals surface area contributed by atoms with Crippen molar-refractivity contribution in [1.82, 2.24) is 0 Å². The van der Waals surface area contributed by atoms with Crippen molar-refractivity contribution >= 4 is 59.0 Å². The summed E-state index contributed by atoms with van der Waals surface area (Å²) in [5, 5.41) is 0. The molecule has 4 aliphatic rings. The summed E-state index contributed by atoms with van der Waals surface area (Å²) in [7, 11) is 0. The van der Waals surface area contributed by atoms with E-state index in [0.717, 1.165) is 53.8 Å². The van der Waals surface area contributed by atoms with Crippen LogP contribution in [-0.2, 0) is 19.1 Å². The molecule has 2 aromatic rings. The van der Waals surface area contributed by atoms with Crippen LogP contribution in [0.3, 0.4) is 0 Å². The number of thioether (sulfide) groups is 4. The molecule has 0 N–H and O–H groups in total. The van der Waals surface area contributed by atoms with Crippen LogP contribution in [0.1, 0.15) is 23.3 Å². The third-order valence-corrected chi connectivity index (χ3v) is 11.1. The van der Waals surface area contributed by atoms with E-state index in [4.69, 9.17) is 9.47 Å². The molecule has 6 rings (SSSR count). The average molecular weight is 553 g/mol. The van der Waals surface area contributed by atoms with Crippen molar-refractivity contribution in [2.75, 3.05) is 23.0 Å². The Kier molecular flexibility index (Phi) is 8.69. The van der Waals surface area contributed by atoms with Crippen LogP contribution in [0.25, 0.3) is 0 Å². The van der Waals surface area contributed by atoms with Gasteiger partial charge in [0.05, 0.1) is 19.6 Å². The summed E-state index contributed by atoms with van der Waals surface area (Å²) in [5.41, 5.74) is 3.46. The molecule has 8 heteroatoms. The molecule has 0 aromatic heterocycles. The van der Waals surface area contributed by atoms with Crippen molar-refractivity contribution in [2.45, 2.75) is 12.2 Å². The van der Waals surface area contributed by atoms with E-state index < -0.39 is 0 Å². The van der Waals surface area contributed by atoms with Crippen LogP contribution < -0.4 is 0 Å². The molecule has 4 aliphatic heterocycles. The second kappa shape index (κ2) is 12.3. The van der Waals surface area contributed by atoms with E-state index in [0.29, 0.717) is 0 Å². The highest BCUT2D eigenvalue weighted by molar-refractivity contribution is 8.25. The van der Waals surface area contributed by atoms with Crippen molar-refractivity contribution in [3.05, 3.63) is 116 Å². The van der Waals surface area contributed by atoms with Crippen LogP contribution in [0.2, 0.25) is 0 Å². The standard InChI is InChI=1S/2C14H12O2S2/c2*15-13-11(14-17-8-9-18-14)6-7-12(16-13)10-4-2-1-3-5-10/h2*1-7,12H,8-9H2/t2*12-/m10/s1. The average Bonchev–Trinajstić information content (AvgIpc) is 3.65. The summed E-state index contributed by atoms with van der Waals surface area (Å²) in [6.45, 7) is 0. The molecule has 0 unspecified atom stereocenters. The number of benzene rings is 2. The summed E-state index contributed by atoms with van der Waals surface area (Å²) in [5.74, 6) is 3.89. The molecule has 4 nitrogen and oxygen atoms in total. The van der Waals surface area contributed by atoms with Crippen molar-refractivity contribution in [3.8, 4) is 0 Å². The lowest BCUT2D eigenvalue weighted by molar-refractivity contribution is -0.143. The van der Waals surface area contributed by atoms with E-state index in [-0.39, 0.29) is 24.1 Å². The van der Waals surface area contributed by atoms with Crippen LogP contribution in [0, 0.1) is 0 Å². The van der Waals surface area contributed by atoms with Gasteiger partial charge in [-0.05, 0) is 35.4 Å². The quantitative estimate of drug-likeness (QED) is 0.290. The van der Waals surface area contributed by atoms with Crippen molar-refractivity contribution in [2.24, 2.45) is 0 Å². The Hall–Kier alpha value is -2.26. The minimum absolute atomic E-state index is 0.205. The molecule has 2 saturated heterocycles. The van der Waals surface area contributed by atoms with Gasteiger partial charge < -0.3 is 9.47 Å². The first-order chi connectivity index (χ1) is 17.7. The van der Waals surface area contributed by atoms with Crippen LogP contribution in [0.4, 0.5) is 0 Å². The van der Waals surface area contributed by atoms with Crippen LogP contribution >= 0.6 is 47.0 Å². The van der Waals surface area contributed by atoms with Gasteiger partial charge in [0.1, 0.15) is 12.2 Å². The predicted octanol–water partition coefficient (Wildman–Crippen LogP) is 7.06. The molecular formula is C28H24O4S4. The summed E-state index contributed by atoms with van der Waals surface area (Å²) in [4.78, 5) is 24.0. The highest BCUT2D eigenvalue weighted by atomic mass is 32.2. The van der Waals surface area contributed by atoms with E-state index in [9.17, 15) is 9.59 Å². The number of ether oxygens (including phenoxy) is 2. The zero-order valence-electron chi connectivity index (χ0n) is 19.3. The van der Waals surface area contributed by atoms with Crippen molar-refractivity contribution in [3.63, 3.8) is 0 Å². The highest BCUT2D eigenvalue weighted by Crippen LogP contribution is 2.42. The lowest BCUT2D eigenvalue weighted by atomic mass is 10.1. The Morgan fingerprint density at radius 1 is 0.556 bits per heavy atom. The number of esters is 2. The molecule has 0 saturated carbocycles. The van der Waals surface area contributed by atoms with Gasteiger partial charge in [-0.25, -0.2) is 9.59 Å². The fraction of sp³-hybridized carbons (Fsp3) is 0.214. The molecule has 184 valence electrons. The predicted molar refractivity (Wildman–Crippen MR) is 153 cm³/mol. The minimum atomic E-state index is -0.251. The second-order valence-electron chi connectivity index (χ2n) is 7.99. The number of cyclic esters (lactones) is 2. The van der Waals surface area contributed by atoms with Gasteiger partial charge in [-0.15, -0.1) is 47.0 Å². The van der Waals surface area contributed by atoms with Crippen LogP contribution in [0.15, 0.2) is 105 Å². The number of carbonyl (C=O) groups is 2. The van der Waals surface area contributed by atoms with E-state index >= 15 is 0 Å². The Morgan fingerprint density at radius 3 is 1.25 bits per heavy atom. The van der Waals surface area contributed by atoms with Crippen LogP contribution in [0.5, 0.6) is 0 Å². The normalized spacial score (nSPS) is 23.3. The molecule has 0 amide bonds. The monoisotopic (exact) mass is 552 g/mol. The number of hydrogen-bond acceptors (Lipinski definition) is 8. The maximum Gasteiger partial charge on any atom is 0.340 e. The van der Waals surface area contributed by atoms with Gasteiger partial charge in [-0.1, -0.05) is 60.7 Å². The summed E-state index contributed by atoms with van der Waals surface area (Å²) >= 11 is 6.96. The van der Waals surface area contributed by atoms with Gasteiger partial charge >= 0.3 is 11.9 Å². The van der Waals surface area contributed by atoms with E-state index in [2.05, 4.69) is 0 Å². The van der Waals surface area contributed by atoms with Crippen LogP contribution in [-0.4, -0.2) is 35.0 Å². The molecular weight excluding hydrogens is 529 g/mol. The second-order valence-corrected chi connectivity index (χ2v) is 12.9. The summed E-state index contributed by atoms with van der Waals surface area (Å²) in [6, 6.07) is 19.6. The molecule has 0 bridgehead atoms. The minimum Gasteiger partial charge on any atom is -0.450 e. The lowest BCUT2D eigenvalue weighted by Gasteiger charge is -2.20. The lowest BCUT2D eigenvalue weighted by Crippen LogP contribution is -2.16. The smallest absolute Gasteiger partial charge is 0.340 e. The fourth-order valence-electron chi connectivity index (χ4n) is 3.82. The van der Waals surface area contributed by atoms with E-state index in [1.165, 1.54) is 0 Å². The SMILES string of the molecule is O=C1O[C@@H](c2ccccc2)C=CC1=C1SCCS1.O=C1O[C@H](c2ccccc2)C=CC1=C1SCCS1. The zero-order valence-corrected chi connectivity index (χ0v) is 22.6. The first-order valence-corrected chi connectivity index (χ1v) is 15.5. The molecule has 2 atom stereocenters. The van der Waals surface area contributed by atoms with Gasteiger partial charge in [-0.3, -0.25) is 0 Å². The maximum atomic E-state index is 12.0. The number of hydrogen-bond donors (Lipinski definition) is 0. The zero-order chi connectivity index (χ0) is 24.7. The van der Waals surface area contributed by atoms with E-state index in [1.54, 1.807) is 47.0 Å². The van der Waals surface area contributed by atoms with Gasteiger partial charge in [-0.2, -0.15) is 0 Å². The summed E-state index contributed by atoms with van der Waals surface area (Å²) in [6.07, 6.45) is 7.23. The molecule has 0 radical (unpaired) electrons. The first kappa shape index (κ1) is 25.4. The van der Waals surface area contributed by atoms with Crippen molar-refractivity contribution < 1.29 is 19.1 Å². The molecule has 0 aliphatic carbocycles. The molecule has 0 spiro atoms. The Balaban J connectivity index is 0.000000148. The van der Waals surface area contributed by atoms with Crippen molar-refractivity contribution in [1.29, 1.82) is 0 Å². The molecule has 2 fully saturated rings. The van der Waals surface area contributed by atoms with Gasteiger partial charge in [0, 0.05) is 23.0 Å². The molecule has 36 heavy (non-hydrogen) atoms. The number of rotatable bonds is 2. The first-order valence-electron chi connectivity index (χ1n) is 11.6.